The minimum atomic E-state index is -0.345. The lowest BCUT2D eigenvalue weighted by Crippen LogP contribution is -2.62. The molecule has 0 aliphatic carbocycles. The zero-order chi connectivity index (χ0) is 15.5. The number of rotatable bonds is 5. The first-order valence-corrected chi connectivity index (χ1v) is 8.28. The Morgan fingerprint density at radius 3 is 2.81 bits per heavy atom. The highest BCUT2D eigenvalue weighted by atomic mass is 35.5. The van der Waals surface area contributed by atoms with Crippen LogP contribution in [0.5, 0.6) is 0 Å². The molecular formula is C17H26ClFN2. The van der Waals surface area contributed by atoms with Crippen LogP contribution in [0.4, 0.5) is 4.39 Å². The Kier molecular flexibility index (Phi) is 5.64. The number of hydrogen-bond donors (Lipinski definition) is 1. The fourth-order valence-corrected chi connectivity index (χ4v) is 3.23. The third-order valence-electron chi connectivity index (χ3n) is 4.73. The van der Waals surface area contributed by atoms with Gasteiger partial charge in [-0.1, -0.05) is 37.9 Å². The molecule has 2 rings (SSSR count). The molecule has 0 spiro atoms. The first kappa shape index (κ1) is 16.7. The highest BCUT2D eigenvalue weighted by Gasteiger charge is 2.35. The predicted molar refractivity (Wildman–Crippen MR) is 87.2 cm³/mol. The highest BCUT2D eigenvalue weighted by Crippen LogP contribution is 2.27. The zero-order valence-corrected chi connectivity index (χ0v) is 14.0. The molecule has 2 atom stereocenters. The summed E-state index contributed by atoms with van der Waals surface area (Å²) in [6.45, 7) is 9.61. The SMILES string of the molecule is CCCC1CN(Cc2ccc(F)c(Cl)c2)C(C)(CC)CN1. The molecule has 118 valence electrons. The lowest BCUT2D eigenvalue weighted by molar-refractivity contribution is 0.0396. The van der Waals surface area contributed by atoms with Gasteiger partial charge in [0.15, 0.2) is 0 Å². The summed E-state index contributed by atoms with van der Waals surface area (Å²) in [6, 6.07) is 5.61. The van der Waals surface area contributed by atoms with Gasteiger partial charge < -0.3 is 5.32 Å². The van der Waals surface area contributed by atoms with Gasteiger partial charge in [0.2, 0.25) is 0 Å². The predicted octanol–water partition coefficient (Wildman–Crippen LogP) is 4.22. The molecule has 1 heterocycles. The van der Waals surface area contributed by atoms with E-state index in [1.165, 1.54) is 18.9 Å². The van der Waals surface area contributed by atoms with Crippen molar-refractivity contribution in [2.45, 2.75) is 58.2 Å². The van der Waals surface area contributed by atoms with Crippen molar-refractivity contribution in [1.29, 1.82) is 0 Å². The zero-order valence-electron chi connectivity index (χ0n) is 13.3. The molecule has 1 aliphatic rings. The summed E-state index contributed by atoms with van der Waals surface area (Å²) in [6.07, 6.45) is 3.48. The molecular weight excluding hydrogens is 287 g/mol. The molecule has 1 aliphatic heterocycles. The van der Waals surface area contributed by atoms with E-state index < -0.39 is 0 Å². The summed E-state index contributed by atoms with van der Waals surface area (Å²) in [5, 5.41) is 3.88. The smallest absolute Gasteiger partial charge is 0.141 e. The Morgan fingerprint density at radius 2 is 2.19 bits per heavy atom. The Hall–Kier alpha value is -0.640. The van der Waals surface area contributed by atoms with E-state index in [2.05, 4.69) is 31.0 Å². The molecule has 1 aromatic carbocycles. The van der Waals surface area contributed by atoms with Crippen LogP contribution in [0.3, 0.4) is 0 Å². The molecule has 0 aromatic heterocycles. The van der Waals surface area contributed by atoms with Gasteiger partial charge in [-0.05, 0) is 37.5 Å². The quantitative estimate of drug-likeness (QED) is 0.875. The Balaban J connectivity index is 2.13. The van der Waals surface area contributed by atoms with E-state index in [1.807, 2.05) is 6.07 Å². The van der Waals surface area contributed by atoms with Gasteiger partial charge in [-0.3, -0.25) is 4.90 Å². The van der Waals surface area contributed by atoms with Crippen LogP contribution >= 0.6 is 11.6 Å². The number of piperazine rings is 1. The van der Waals surface area contributed by atoms with E-state index in [0.717, 1.165) is 31.6 Å². The van der Waals surface area contributed by atoms with Gasteiger partial charge in [0.05, 0.1) is 5.02 Å². The van der Waals surface area contributed by atoms with Gasteiger partial charge in [0.1, 0.15) is 5.82 Å². The van der Waals surface area contributed by atoms with Crippen molar-refractivity contribution >= 4 is 11.6 Å². The molecule has 21 heavy (non-hydrogen) atoms. The summed E-state index contributed by atoms with van der Waals surface area (Å²) < 4.78 is 13.3. The molecule has 2 nitrogen and oxygen atoms in total. The van der Waals surface area contributed by atoms with E-state index in [-0.39, 0.29) is 16.4 Å². The van der Waals surface area contributed by atoms with Gasteiger partial charge in [-0.25, -0.2) is 4.39 Å². The molecule has 4 heteroatoms. The summed E-state index contributed by atoms with van der Waals surface area (Å²) in [5.74, 6) is -0.345. The largest absolute Gasteiger partial charge is 0.311 e. The lowest BCUT2D eigenvalue weighted by atomic mass is 9.90. The molecule has 1 aromatic rings. The van der Waals surface area contributed by atoms with Crippen molar-refractivity contribution in [2.75, 3.05) is 13.1 Å². The van der Waals surface area contributed by atoms with Crippen LogP contribution in [0.15, 0.2) is 18.2 Å². The standard InChI is InChI=1S/C17H26ClFN2/c1-4-6-14-11-21(17(3,5-2)12-20-14)10-13-7-8-16(19)15(18)9-13/h7-9,14,20H,4-6,10-12H2,1-3H3. The van der Waals surface area contributed by atoms with Crippen LogP contribution < -0.4 is 5.32 Å². The minimum Gasteiger partial charge on any atom is -0.311 e. The number of halogens is 2. The maximum absolute atomic E-state index is 13.3. The topological polar surface area (TPSA) is 15.3 Å². The number of benzene rings is 1. The van der Waals surface area contributed by atoms with Gasteiger partial charge in [-0.15, -0.1) is 0 Å². The summed E-state index contributed by atoms with van der Waals surface area (Å²) in [4.78, 5) is 2.52. The molecule has 0 bridgehead atoms. The van der Waals surface area contributed by atoms with Crippen molar-refractivity contribution in [3.8, 4) is 0 Å². The second-order valence-electron chi connectivity index (χ2n) is 6.35. The third kappa shape index (κ3) is 3.97. The van der Waals surface area contributed by atoms with E-state index in [0.29, 0.717) is 6.04 Å². The number of nitrogens with zero attached hydrogens (tertiary/aromatic N) is 1. The molecule has 0 radical (unpaired) electrons. The molecule has 2 unspecified atom stereocenters. The highest BCUT2D eigenvalue weighted by molar-refractivity contribution is 6.30. The second kappa shape index (κ2) is 7.08. The van der Waals surface area contributed by atoms with Crippen molar-refractivity contribution < 1.29 is 4.39 Å². The normalized spacial score (nSPS) is 27.0. The van der Waals surface area contributed by atoms with Crippen LogP contribution in [-0.2, 0) is 6.54 Å². The van der Waals surface area contributed by atoms with Crippen molar-refractivity contribution in [3.63, 3.8) is 0 Å². The third-order valence-corrected chi connectivity index (χ3v) is 5.02. The second-order valence-corrected chi connectivity index (χ2v) is 6.75. The summed E-state index contributed by atoms with van der Waals surface area (Å²) in [5.41, 5.74) is 1.23. The Bertz CT molecular complexity index is 480. The van der Waals surface area contributed by atoms with Crippen molar-refractivity contribution in [2.24, 2.45) is 0 Å². The average Bonchev–Trinajstić information content (AvgIpc) is 2.47. The Morgan fingerprint density at radius 1 is 1.43 bits per heavy atom. The van der Waals surface area contributed by atoms with Crippen LogP contribution in [0.25, 0.3) is 0 Å². The van der Waals surface area contributed by atoms with Gasteiger partial charge in [0, 0.05) is 31.2 Å². The monoisotopic (exact) mass is 312 g/mol. The summed E-state index contributed by atoms with van der Waals surface area (Å²) in [7, 11) is 0. The summed E-state index contributed by atoms with van der Waals surface area (Å²) >= 11 is 5.91. The van der Waals surface area contributed by atoms with Crippen LogP contribution in [0.2, 0.25) is 5.02 Å². The van der Waals surface area contributed by atoms with Gasteiger partial charge in [-0.2, -0.15) is 0 Å². The van der Waals surface area contributed by atoms with Crippen LogP contribution in [0, 0.1) is 5.82 Å². The van der Waals surface area contributed by atoms with E-state index in [1.54, 1.807) is 6.07 Å². The molecule has 0 amide bonds. The van der Waals surface area contributed by atoms with E-state index >= 15 is 0 Å². The van der Waals surface area contributed by atoms with Crippen LogP contribution in [-0.4, -0.2) is 29.6 Å². The average molecular weight is 313 g/mol. The fraction of sp³-hybridized carbons (Fsp3) is 0.647. The first-order valence-electron chi connectivity index (χ1n) is 7.91. The van der Waals surface area contributed by atoms with E-state index in [4.69, 9.17) is 11.6 Å². The molecule has 1 N–H and O–H groups in total. The van der Waals surface area contributed by atoms with Gasteiger partial charge in [0.25, 0.3) is 0 Å². The number of nitrogens with one attached hydrogen (secondary N) is 1. The maximum Gasteiger partial charge on any atom is 0.141 e. The minimum absolute atomic E-state index is 0.144. The van der Waals surface area contributed by atoms with Crippen molar-refractivity contribution in [1.82, 2.24) is 10.2 Å². The van der Waals surface area contributed by atoms with Gasteiger partial charge >= 0.3 is 0 Å². The van der Waals surface area contributed by atoms with E-state index in [9.17, 15) is 4.39 Å². The Labute approximate surface area is 132 Å². The van der Waals surface area contributed by atoms with Crippen molar-refractivity contribution in [3.05, 3.63) is 34.6 Å². The molecule has 1 fully saturated rings. The lowest BCUT2D eigenvalue weighted by Gasteiger charge is -2.48. The van der Waals surface area contributed by atoms with Crippen LogP contribution in [0.1, 0.15) is 45.6 Å². The number of hydrogen-bond acceptors (Lipinski definition) is 2. The molecule has 0 saturated carbocycles. The molecule has 1 saturated heterocycles. The maximum atomic E-state index is 13.3. The first-order chi connectivity index (χ1) is 9.98. The fourth-order valence-electron chi connectivity index (χ4n) is 3.03.